The number of thioether (sulfide) groups is 1. The minimum Gasteiger partial charge on any atom is -0.490 e. The molecule has 44 heavy (non-hydrogen) atoms. The predicted molar refractivity (Wildman–Crippen MR) is 170 cm³/mol. The van der Waals surface area contributed by atoms with E-state index in [1.54, 1.807) is 73.7 Å². The first-order chi connectivity index (χ1) is 21.1. The van der Waals surface area contributed by atoms with Crippen molar-refractivity contribution in [3.05, 3.63) is 126 Å². The van der Waals surface area contributed by atoms with Gasteiger partial charge in [-0.25, -0.2) is 4.99 Å². The van der Waals surface area contributed by atoms with E-state index >= 15 is 0 Å². The molecule has 4 aromatic carbocycles. The zero-order chi connectivity index (χ0) is 31.4. The van der Waals surface area contributed by atoms with Crippen LogP contribution < -0.4 is 14.4 Å². The fourth-order valence-electron chi connectivity index (χ4n) is 4.08. The Morgan fingerprint density at radius 1 is 0.864 bits per heavy atom. The molecule has 1 heterocycles. The maximum absolute atomic E-state index is 13.7. The van der Waals surface area contributed by atoms with Crippen molar-refractivity contribution < 1.29 is 24.1 Å². The average molecular weight is 651 g/mol. The normalized spacial score (nSPS) is 14.7. The minimum absolute atomic E-state index is 0.143. The van der Waals surface area contributed by atoms with Crippen LogP contribution in [0.1, 0.15) is 12.5 Å². The van der Waals surface area contributed by atoms with Crippen molar-refractivity contribution in [1.82, 2.24) is 0 Å². The Kier molecular flexibility index (Phi) is 9.14. The summed E-state index contributed by atoms with van der Waals surface area (Å²) in [5.41, 5.74) is 0.743. The van der Waals surface area contributed by atoms with Crippen molar-refractivity contribution in [3.8, 4) is 17.2 Å². The van der Waals surface area contributed by atoms with Crippen LogP contribution in [0.4, 0.5) is 22.7 Å². The summed E-state index contributed by atoms with van der Waals surface area (Å²) in [4.78, 5) is 41.4. The molecular formula is C30H20Cl2N4O7S. The lowest BCUT2D eigenvalue weighted by Gasteiger charge is -2.15. The maximum Gasteiger partial charge on any atom is 0.318 e. The smallest absolute Gasteiger partial charge is 0.318 e. The molecule has 0 aliphatic carbocycles. The van der Waals surface area contributed by atoms with Crippen LogP contribution in [0.2, 0.25) is 10.0 Å². The van der Waals surface area contributed by atoms with Crippen molar-refractivity contribution in [2.24, 2.45) is 4.99 Å². The summed E-state index contributed by atoms with van der Waals surface area (Å²) in [6.07, 6.45) is 1.67. The Labute approximate surface area is 264 Å². The van der Waals surface area contributed by atoms with E-state index < -0.39 is 21.2 Å². The van der Waals surface area contributed by atoms with Crippen molar-refractivity contribution in [2.45, 2.75) is 6.92 Å². The standard InChI is InChI=1S/C30H20Cl2N4O7S/c1-2-42-27-15-18(3-13-26(27)43-25-14-12-23(35(38)39)17-24(25)36(40)41)16-28-29(37)34(22-10-6-20(32)7-11-22)30(44-28)33-21-8-4-19(31)5-9-21/h3-17H,2H2,1H3/b28-16-,33-30?. The third kappa shape index (κ3) is 6.83. The molecule has 1 fully saturated rings. The molecule has 222 valence electrons. The number of ether oxygens (including phenoxy) is 2. The molecule has 14 heteroatoms. The summed E-state index contributed by atoms with van der Waals surface area (Å²) in [6.45, 7) is 2.00. The van der Waals surface area contributed by atoms with Gasteiger partial charge >= 0.3 is 5.69 Å². The molecule has 0 aromatic heterocycles. The number of amides is 1. The molecule has 0 radical (unpaired) electrons. The van der Waals surface area contributed by atoms with E-state index in [-0.39, 0.29) is 29.8 Å². The highest BCUT2D eigenvalue weighted by Crippen LogP contribution is 2.41. The van der Waals surface area contributed by atoms with Crippen LogP contribution in [0.25, 0.3) is 6.08 Å². The third-order valence-corrected chi connectivity index (χ3v) is 7.55. The number of hydrogen-bond acceptors (Lipinski definition) is 9. The fourth-order valence-corrected chi connectivity index (χ4v) is 5.33. The highest BCUT2D eigenvalue weighted by atomic mass is 35.5. The van der Waals surface area contributed by atoms with E-state index in [4.69, 9.17) is 32.7 Å². The van der Waals surface area contributed by atoms with Gasteiger partial charge in [-0.05, 0) is 97.1 Å². The van der Waals surface area contributed by atoms with Crippen LogP contribution in [-0.4, -0.2) is 27.5 Å². The Morgan fingerprint density at radius 2 is 1.52 bits per heavy atom. The number of rotatable bonds is 9. The second-order valence-electron chi connectivity index (χ2n) is 9.01. The van der Waals surface area contributed by atoms with Gasteiger partial charge in [-0.1, -0.05) is 29.3 Å². The van der Waals surface area contributed by atoms with E-state index in [2.05, 4.69) is 4.99 Å². The summed E-state index contributed by atoms with van der Waals surface area (Å²) in [5, 5.41) is 24.2. The quantitative estimate of drug-likeness (QED) is 0.0995. The molecule has 0 spiro atoms. The van der Waals surface area contributed by atoms with Crippen LogP contribution in [0.15, 0.2) is 94.8 Å². The van der Waals surface area contributed by atoms with Crippen LogP contribution in [0.5, 0.6) is 17.2 Å². The first kappa shape index (κ1) is 30.5. The van der Waals surface area contributed by atoms with Crippen molar-refractivity contribution >= 4 is 74.9 Å². The monoisotopic (exact) mass is 650 g/mol. The van der Waals surface area contributed by atoms with Crippen molar-refractivity contribution in [1.29, 1.82) is 0 Å². The molecule has 1 amide bonds. The van der Waals surface area contributed by atoms with Gasteiger partial charge in [0.2, 0.25) is 5.75 Å². The molecular weight excluding hydrogens is 631 g/mol. The van der Waals surface area contributed by atoms with E-state index in [1.807, 2.05) is 0 Å². The number of anilines is 1. The molecule has 1 aliphatic heterocycles. The summed E-state index contributed by atoms with van der Waals surface area (Å²) < 4.78 is 11.5. The van der Waals surface area contributed by atoms with Crippen molar-refractivity contribution in [3.63, 3.8) is 0 Å². The Hall–Kier alpha value is -4.91. The van der Waals surface area contributed by atoms with E-state index in [0.717, 1.165) is 18.2 Å². The van der Waals surface area contributed by atoms with Gasteiger partial charge in [0.25, 0.3) is 11.6 Å². The number of halogens is 2. The minimum atomic E-state index is -0.764. The Morgan fingerprint density at radius 3 is 2.16 bits per heavy atom. The Bertz CT molecular complexity index is 1830. The summed E-state index contributed by atoms with van der Waals surface area (Å²) in [7, 11) is 0. The van der Waals surface area contributed by atoms with Gasteiger partial charge in [0.1, 0.15) is 0 Å². The van der Waals surface area contributed by atoms with Crippen molar-refractivity contribution in [2.75, 3.05) is 11.5 Å². The molecule has 1 aliphatic rings. The zero-order valence-corrected chi connectivity index (χ0v) is 25.0. The highest BCUT2D eigenvalue weighted by Gasteiger charge is 2.35. The summed E-state index contributed by atoms with van der Waals surface area (Å²) in [5.74, 6) is -0.126. The Balaban J connectivity index is 1.50. The lowest BCUT2D eigenvalue weighted by molar-refractivity contribution is -0.394. The second-order valence-corrected chi connectivity index (χ2v) is 10.9. The molecule has 0 bridgehead atoms. The van der Waals surface area contributed by atoms with E-state index in [1.165, 1.54) is 22.7 Å². The number of carbonyl (C=O) groups excluding carboxylic acids is 1. The summed E-state index contributed by atoms with van der Waals surface area (Å²) in [6, 6.07) is 21.6. The molecule has 0 unspecified atom stereocenters. The first-order valence-corrected chi connectivity index (χ1v) is 14.4. The maximum atomic E-state index is 13.7. The molecule has 4 aromatic rings. The molecule has 0 N–H and O–H groups in total. The molecule has 0 saturated carbocycles. The van der Waals surface area contributed by atoms with Gasteiger partial charge in [0, 0.05) is 16.1 Å². The van der Waals surface area contributed by atoms with Gasteiger partial charge in [0.15, 0.2) is 16.7 Å². The van der Waals surface area contributed by atoms with E-state index in [0.29, 0.717) is 37.1 Å². The number of nitro groups is 2. The predicted octanol–water partition coefficient (Wildman–Crippen LogP) is 8.81. The highest BCUT2D eigenvalue weighted by molar-refractivity contribution is 8.19. The number of benzene rings is 4. The zero-order valence-electron chi connectivity index (χ0n) is 22.7. The topological polar surface area (TPSA) is 137 Å². The van der Waals surface area contributed by atoms with Crippen LogP contribution in [0.3, 0.4) is 0 Å². The number of carbonyl (C=O) groups is 1. The largest absolute Gasteiger partial charge is 0.490 e. The van der Waals surface area contributed by atoms with Gasteiger partial charge in [-0.15, -0.1) is 0 Å². The van der Waals surface area contributed by atoms with Gasteiger partial charge in [-0.3, -0.25) is 29.9 Å². The lowest BCUT2D eigenvalue weighted by atomic mass is 10.1. The van der Waals surface area contributed by atoms with Crippen LogP contribution >= 0.6 is 35.0 Å². The number of nitrogens with zero attached hydrogens (tertiary/aromatic N) is 4. The molecule has 5 rings (SSSR count). The van der Waals surface area contributed by atoms with Gasteiger partial charge < -0.3 is 9.47 Å². The van der Waals surface area contributed by atoms with Crippen LogP contribution in [-0.2, 0) is 4.79 Å². The fraction of sp³-hybridized carbons (Fsp3) is 0.0667. The molecule has 11 nitrogen and oxygen atoms in total. The SMILES string of the molecule is CCOc1cc(/C=C2\SC(=Nc3ccc(Cl)cc3)N(c3ccc(Cl)cc3)C2=O)ccc1Oc1ccc([N+](=O)[O-])cc1[N+](=O)[O-]. The van der Waals surface area contributed by atoms with E-state index in [9.17, 15) is 25.0 Å². The molecule has 0 atom stereocenters. The lowest BCUT2D eigenvalue weighted by Crippen LogP contribution is -2.28. The third-order valence-electron chi connectivity index (χ3n) is 6.08. The molecule has 1 saturated heterocycles. The van der Waals surface area contributed by atoms with Gasteiger partial charge in [-0.2, -0.15) is 0 Å². The number of non-ortho nitro benzene ring substituents is 1. The second kappa shape index (κ2) is 13.2. The summed E-state index contributed by atoms with van der Waals surface area (Å²) >= 11 is 13.3. The number of hydrogen-bond donors (Lipinski definition) is 0. The number of aliphatic imine (C=N–C) groups is 1. The first-order valence-electron chi connectivity index (χ1n) is 12.8. The van der Waals surface area contributed by atoms with Crippen LogP contribution in [0, 0.1) is 20.2 Å². The average Bonchev–Trinajstić information content (AvgIpc) is 3.29. The van der Waals surface area contributed by atoms with Gasteiger partial charge in [0.05, 0.1) is 38.8 Å². The number of nitro benzene ring substituents is 2. The number of amidine groups is 1.